The van der Waals surface area contributed by atoms with Crippen LogP contribution in [-0.4, -0.2) is 33.0 Å². The topological polar surface area (TPSA) is 44.8 Å². The Kier molecular flexibility index (Phi) is 4.90. The standard InChI is InChI=1S/C11H12Cl2O4/c1-15-9-6(8(14)5-12)4-7(13)10(16-2)11(9)17-3/h4H,5H2,1-3H3. The molecular formula is C11H12Cl2O4. The summed E-state index contributed by atoms with van der Waals surface area (Å²) in [6.07, 6.45) is 0. The van der Waals surface area contributed by atoms with Crippen LogP contribution in [0.1, 0.15) is 10.4 Å². The molecule has 6 heteroatoms. The molecule has 0 N–H and O–H groups in total. The Bertz CT molecular complexity index is 432. The predicted octanol–water partition coefficient (Wildman–Crippen LogP) is 2.79. The summed E-state index contributed by atoms with van der Waals surface area (Å²) in [6, 6.07) is 1.45. The van der Waals surface area contributed by atoms with Gasteiger partial charge >= 0.3 is 0 Å². The molecule has 17 heavy (non-hydrogen) atoms. The third-order valence-electron chi connectivity index (χ3n) is 2.18. The maximum atomic E-state index is 11.6. The van der Waals surface area contributed by atoms with E-state index < -0.39 is 0 Å². The largest absolute Gasteiger partial charge is 0.492 e. The van der Waals surface area contributed by atoms with E-state index in [1.165, 1.54) is 27.4 Å². The van der Waals surface area contributed by atoms with Crippen LogP contribution in [0.25, 0.3) is 0 Å². The third kappa shape index (κ3) is 2.58. The van der Waals surface area contributed by atoms with E-state index in [9.17, 15) is 4.79 Å². The number of benzene rings is 1. The first-order chi connectivity index (χ1) is 8.10. The van der Waals surface area contributed by atoms with Gasteiger partial charge in [-0.25, -0.2) is 0 Å². The molecule has 94 valence electrons. The molecule has 0 spiro atoms. The highest BCUT2D eigenvalue weighted by molar-refractivity contribution is 6.34. The minimum absolute atomic E-state index is 0.165. The molecule has 0 fully saturated rings. The summed E-state index contributed by atoms with van der Waals surface area (Å²) in [6.45, 7) is 0. The quantitative estimate of drug-likeness (QED) is 0.614. The monoisotopic (exact) mass is 278 g/mol. The summed E-state index contributed by atoms with van der Waals surface area (Å²) in [4.78, 5) is 11.6. The number of carbonyl (C=O) groups excluding carboxylic acids is 1. The number of hydrogen-bond donors (Lipinski definition) is 0. The number of alkyl halides is 1. The zero-order valence-electron chi connectivity index (χ0n) is 9.67. The summed E-state index contributed by atoms with van der Waals surface area (Å²) >= 11 is 11.5. The number of hydrogen-bond acceptors (Lipinski definition) is 4. The van der Waals surface area contributed by atoms with Gasteiger partial charge in [-0.15, -0.1) is 11.6 Å². The maximum Gasteiger partial charge on any atom is 0.205 e. The third-order valence-corrected chi connectivity index (χ3v) is 2.70. The van der Waals surface area contributed by atoms with Gasteiger partial charge < -0.3 is 14.2 Å². The minimum Gasteiger partial charge on any atom is -0.492 e. The van der Waals surface area contributed by atoms with Crippen molar-refractivity contribution in [2.45, 2.75) is 0 Å². The Morgan fingerprint density at radius 1 is 1.12 bits per heavy atom. The summed E-state index contributed by atoms with van der Waals surface area (Å²) in [5.41, 5.74) is 0.269. The summed E-state index contributed by atoms with van der Waals surface area (Å²) in [5, 5.41) is 0.263. The molecule has 0 bridgehead atoms. The number of methoxy groups -OCH3 is 3. The van der Waals surface area contributed by atoms with E-state index >= 15 is 0 Å². The molecule has 0 amide bonds. The Morgan fingerprint density at radius 2 is 1.65 bits per heavy atom. The number of Topliss-reactive ketones (excluding diaryl/α,β-unsaturated/α-hetero) is 1. The molecule has 0 aliphatic heterocycles. The molecule has 0 heterocycles. The number of rotatable bonds is 5. The molecule has 1 rings (SSSR count). The van der Waals surface area contributed by atoms with Crippen LogP contribution in [0.2, 0.25) is 5.02 Å². The van der Waals surface area contributed by atoms with Crippen molar-refractivity contribution in [1.29, 1.82) is 0 Å². The fourth-order valence-electron chi connectivity index (χ4n) is 1.45. The molecule has 0 saturated heterocycles. The molecule has 0 aliphatic rings. The minimum atomic E-state index is -0.300. The number of carbonyl (C=O) groups is 1. The second kappa shape index (κ2) is 5.98. The van der Waals surface area contributed by atoms with E-state index in [0.29, 0.717) is 5.75 Å². The highest BCUT2D eigenvalue weighted by atomic mass is 35.5. The van der Waals surface area contributed by atoms with Crippen molar-refractivity contribution in [3.8, 4) is 17.2 Å². The van der Waals surface area contributed by atoms with Crippen LogP contribution < -0.4 is 14.2 Å². The van der Waals surface area contributed by atoms with Crippen LogP contribution in [0.15, 0.2) is 6.07 Å². The average Bonchev–Trinajstić information content (AvgIpc) is 2.36. The number of ketones is 1. The Balaban J connectivity index is 3.53. The summed E-state index contributed by atoms with van der Waals surface area (Å²) in [5.74, 6) is 0.390. The lowest BCUT2D eigenvalue weighted by Gasteiger charge is -2.16. The Morgan fingerprint density at radius 3 is 2.06 bits per heavy atom. The maximum absolute atomic E-state index is 11.6. The van der Waals surface area contributed by atoms with Gasteiger partial charge in [0.2, 0.25) is 5.75 Å². The molecule has 0 aromatic heterocycles. The average molecular weight is 279 g/mol. The molecule has 1 aromatic carbocycles. The van der Waals surface area contributed by atoms with Crippen molar-refractivity contribution < 1.29 is 19.0 Å². The second-order valence-corrected chi connectivity index (χ2v) is 3.74. The highest BCUT2D eigenvalue weighted by Gasteiger charge is 2.23. The number of ether oxygens (including phenoxy) is 3. The van der Waals surface area contributed by atoms with Gasteiger partial charge in [0.15, 0.2) is 17.3 Å². The lowest BCUT2D eigenvalue weighted by Crippen LogP contribution is -2.06. The number of halogens is 2. The fraction of sp³-hybridized carbons (Fsp3) is 0.364. The van der Waals surface area contributed by atoms with Gasteiger partial charge in [0, 0.05) is 0 Å². The molecule has 0 unspecified atom stereocenters. The van der Waals surface area contributed by atoms with Gasteiger partial charge in [-0.3, -0.25) is 4.79 Å². The molecule has 4 nitrogen and oxygen atoms in total. The first-order valence-electron chi connectivity index (χ1n) is 4.68. The molecular weight excluding hydrogens is 267 g/mol. The van der Waals surface area contributed by atoms with Crippen molar-refractivity contribution in [1.82, 2.24) is 0 Å². The molecule has 1 aromatic rings. The van der Waals surface area contributed by atoms with Gasteiger partial charge in [0.05, 0.1) is 37.8 Å². The van der Waals surface area contributed by atoms with Crippen molar-refractivity contribution in [3.05, 3.63) is 16.7 Å². The van der Waals surface area contributed by atoms with E-state index in [4.69, 9.17) is 37.4 Å². The first kappa shape index (κ1) is 13.9. The molecule has 0 aliphatic carbocycles. The van der Waals surface area contributed by atoms with E-state index in [-0.39, 0.29) is 33.7 Å². The van der Waals surface area contributed by atoms with Crippen LogP contribution in [0.5, 0.6) is 17.2 Å². The van der Waals surface area contributed by atoms with Gasteiger partial charge in [-0.1, -0.05) is 11.6 Å². The lowest BCUT2D eigenvalue weighted by molar-refractivity contribution is 0.101. The van der Waals surface area contributed by atoms with Crippen molar-refractivity contribution >= 4 is 29.0 Å². The van der Waals surface area contributed by atoms with Crippen LogP contribution in [0, 0.1) is 0 Å². The SMILES string of the molecule is COc1c(Cl)cc(C(=O)CCl)c(OC)c1OC. The smallest absolute Gasteiger partial charge is 0.205 e. The van der Waals surface area contributed by atoms with Gasteiger partial charge in [-0.2, -0.15) is 0 Å². The van der Waals surface area contributed by atoms with Crippen molar-refractivity contribution in [2.75, 3.05) is 27.2 Å². The molecule has 0 radical (unpaired) electrons. The van der Waals surface area contributed by atoms with E-state index in [2.05, 4.69) is 0 Å². The van der Waals surface area contributed by atoms with E-state index in [0.717, 1.165) is 0 Å². The normalized spacial score (nSPS) is 9.94. The summed E-state index contributed by atoms with van der Waals surface area (Å²) < 4.78 is 15.4. The second-order valence-electron chi connectivity index (χ2n) is 3.06. The zero-order valence-corrected chi connectivity index (χ0v) is 11.2. The fourth-order valence-corrected chi connectivity index (χ4v) is 1.87. The van der Waals surface area contributed by atoms with E-state index in [1.54, 1.807) is 0 Å². The highest BCUT2D eigenvalue weighted by Crippen LogP contribution is 2.45. The van der Waals surface area contributed by atoms with Gasteiger partial charge in [0.1, 0.15) is 0 Å². The molecule has 0 saturated carbocycles. The molecule has 0 atom stereocenters. The van der Waals surface area contributed by atoms with Crippen LogP contribution in [-0.2, 0) is 0 Å². The van der Waals surface area contributed by atoms with Crippen LogP contribution >= 0.6 is 23.2 Å². The zero-order chi connectivity index (χ0) is 13.0. The first-order valence-corrected chi connectivity index (χ1v) is 5.59. The van der Waals surface area contributed by atoms with Gasteiger partial charge in [0.25, 0.3) is 0 Å². The van der Waals surface area contributed by atoms with Crippen LogP contribution in [0.4, 0.5) is 0 Å². The lowest BCUT2D eigenvalue weighted by atomic mass is 10.1. The van der Waals surface area contributed by atoms with Crippen LogP contribution in [0.3, 0.4) is 0 Å². The van der Waals surface area contributed by atoms with E-state index in [1.807, 2.05) is 0 Å². The summed E-state index contributed by atoms with van der Waals surface area (Å²) in [7, 11) is 4.31. The van der Waals surface area contributed by atoms with Crippen molar-refractivity contribution in [3.63, 3.8) is 0 Å². The Hall–Kier alpha value is -1.13. The Labute approximate surface area is 109 Å². The van der Waals surface area contributed by atoms with Crippen molar-refractivity contribution in [2.24, 2.45) is 0 Å². The predicted molar refractivity (Wildman–Crippen MR) is 66.2 cm³/mol. The van der Waals surface area contributed by atoms with Gasteiger partial charge in [-0.05, 0) is 6.07 Å².